The molecule has 0 saturated carbocycles. The smallest absolute Gasteiger partial charge is 0.285 e. The molecule has 5 rings (SSSR count). The lowest BCUT2D eigenvalue weighted by Crippen LogP contribution is -2.42. The molecule has 0 aliphatic carbocycles. The zero-order valence-corrected chi connectivity index (χ0v) is 31.2. The van der Waals surface area contributed by atoms with Crippen LogP contribution >= 0.6 is 11.8 Å². The van der Waals surface area contributed by atoms with Crippen molar-refractivity contribution in [1.29, 1.82) is 0 Å². The molecule has 1 aromatic heterocycles. The number of amidine groups is 1. The van der Waals surface area contributed by atoms with Gasteiger partial charge in [-0.15, -0.1) is 0 Å². The third kappa shape index (κ3) is 8.44. The van der Waals surface area contributed by atoms with Gasteiger partial charge in [0.1, 0.15) is 5.57 Å². The molecule has 0 spiro atoms. The molecular formula is C43H45N5O3S. The Morgan fingerprint density at radius 3 is 2.12 bits per heavy atom. The van der Waals surface area contributed by atoms with Gasteiger partial charge in [-0.3, -0.25) is 19.3 Å². The fraction of sp³-hybridized carbons (Fsp3) is 0.209. The molecule has 3 amide bonds. The van der Waals surface area contributed by atoms with Gasteiger partial charge in [-0.1, -0.05) is 97.2 Å². The molecule has 0 bridgehead atoms. The molecular weight excluding hydrogens is 667 g/mol. The van der Waals surface area contributed by atoms with Crippen molar-refractivity contribution in [2.24, 2.45) is 4.99 Å². The minimum atomic E-state index is -0.660. The van der Waals surface area contributed by atoms with E-state index in [1.807, 2.05) is 80.6 Å². The quantitative estimate of drug-likeness (QED) is 0.0857. The Labute approximate surface area is 310 Å². The first-order valence-corrected chi connectivity index (χ1v) is 18.4. The van der Waals surface area contributed by atoms with Crippen molar-refractivity contribution in [2.75, 3.05) is 23.7 Å². The average molecular weight is 712 g/mol. The van der Waals surface area contributed by atoms with Crippen LogP contribution in [0.3, 0.4) is 0 Å². The molecule has 1 aliphatic rings. The molecule has 52 heavy (non-hydrogen) atoms. The van der Waals surface area contributed by atoms with Crippen molar-refractivity contribution >= 4 is 46.4 Å². The zero-order chi connectivity index (χ0) is 37.2. The van der Waals surface area contributed by atoms with E-state index in [-0.39, 0.29) is 28.4 Å². The molecule has 9 heteroatoms. The number of aromatic nitrogens is 1. The average Bonchev–Trinajstić information content (AvgIpc) is 3.45. The molecule has 8 nitrogen and oxygen atoms in total. The SMILES string of the molecule is C=C/C=C\C(=C/C)N1C(=O)/C(=C/c2cc(C)n(-c3ccc(N(CC)CC)cc3)c2C)C(=O)N=C1SCC(=O)NC(c1ccccc1)c1ccccc1. The van der Waals surface area contributed by atoms with Crippen LogP contribution in [0, 0.1) is 13.8 Å². The van der Waals surface area contributed by atoms with E-state index < -0.39 is 11.8 Å². The van der Waals surface area contributed by atoms with Gasteiger partial charge in [-0.25, -0.2) is 0 Å². The topological polar surface area (TPSA) is 87.0 Å². The summed E-state index contributed by atoms with van der Waals surface area (Å²) in [6.45, 7) is 15.7. The van der Waals surface area contributed by atoms with Gasteiger partial charge in [-0.2, -0.15) is 4.99 Å². The molecule has 4 aromatic rings. The molecule has 0 fully saturated rings. The second-order valence-corrected chi connectivity index (χ2v) is 13.1. The van der Waals surface area contributed by atoms with Gasteiger partial charge < -0.3 is 14.8 Å². The number of rotatable bonds is 13. The molecule has 266 valence electrons. The third-order valence-electron chi connectivity index (χ3n) is 8.92. The Hall–Kier alpha value is -5.67. The predicted molar refractivity (Wildman–Crippen MR) is 214 cm³/mol. The second kappa shape index (κ2) is 17.5. The number of hydrogen-bond donors (Lipinski definition) is 1. The highest BCUT2D eigenvalue weighted by atomic mass is 32.2. The first kappa shape index (κ1) is 37.6. The van der Waals surface area contributed by atoms with Crippen molar-refractivity contribution in [3.05, 3.63) is 161 Å². The van der Waals surface area contributed by atoms with Crippen LogP contribution in [0.5, 0.6) is 0 Å². The normalized spacial score (nSPS) is 14.3. The van der Waals surface area contributed by atoms with Gasteiger partial charge in [0.15, 0.2) is 5.17 Å². The maximum Gasteiger partial charge on any atom is 0.285 e. The number of carbonyl (C=O) groups is 3. The Morgan fingerprint density at radius 1 is 0.942 bits per heavy atom. The second-order valence-electron chi connectivity index (χ2n) is 12.2. The van der Waals surface area contributed by atoms with Crippen LogP contribution in [0.1, 0.15) is 54.9 Å². The van der Waals surface area contributed by atoms with Crippen molar-refractivity contribution < 1.29 is 14.4 Å². The van der Waals surface area contributed by atoms with E-state index in [0.29, 0.717) is 5.70 Å². The van der Waals surface area contributed by atoms with E-state index in [2.05, 4.69) is 64.5 Å². The van der Waals surface area contributed by atoms with Crippen LogP contribution in [0.2, 0.25) is 0 Å². The summed E-state index contributed by atoms with van der Waals surface area (Å²) >= 11 is 1.04. The van der Waals surface area contributed by atoms with Crippen LogP contribution in [-0.4, -0.2) is 51.2 Å². The Bertz CT molecular complexity index is 2000. The van der Waals surface area contributed by atoms with Crippen LogP contribution < -0.4 is 10.2 Å². The summed E-state index contributed by atoms with van der Waals surface area (Å²) < 4.78 is 2.11. The molecule has 1 aliphatic heterocycles. The minimum absolute atomic E-state index is 0.0643. The Kier molecular flexibility index (Phi) is 12.7. The number of nitrogens with one attached hydrogen (secondary N) is 1. The lowest BCUT2D eigenvalue weighted by atomic mass is 9.99. The number of allylic oxidation sites excluding steroid dienone is 4. The maximum absolute atomic E-state index is 14.3. The summed E-state index contributed by atoms with van der Waals surface area (Å²) in [5, 5.41) is 3.25. The maximum atomic E-state index is 14.3. The molecule has 0 radical (unpaired) electrons. The lowest BCUT2D eigenvalue weighted by Gasteiger charge is -2.28. The fourth-order valence-electron chi connectivity index (χ4n) is 6.28. The van der Waals surface area contributed by atoms with Crippen molar-refractivity contribution in [2.45, 2.75) is 40.7 Å². The van der Waals surface area contributed by atoms with Gasteiger partial charge in [0.2, 0.25) is 5.91 Å². The van der Waals surface area contributed by atoms with Gasteiger partial charge >= 0.3 is 0 Å². The van der Waals surface area contributed by atoms with E-state index in [1.165, 1.54) is 4.90 Å². The van der Waals surface area contributed by atoms with Crippen molar-refractivity contribution in [3.8, 4) is 5.69 Å². The van der Waals surface area contributed by atoms with Crippen LogP contribution in [0.15, 0.2) is 138 Å². The fourth-order valence-corrected chi connectivity index (χ4v) is 7.09. The van der Waals surface area contributed by atoms with E-state index in [0.717, 1.165) is 64.3 Å². The predicted octanol–water partition coefficient (Wildman–Crippen LogP) is 8.33. The summed E-state index contributed by atoms with van der Waals surface area (Å²) in [5.41, 5.74) is 7.04. The highest BCUT2D eigenvalue weighted by molar-refractivity contribution is 8.14. The largest absolute Gasteiger partial charge is 0.372 e. The zero-order valence-electron chi connectivity index (χ0n) is 30.4. The van der Waals surface area contributed by atoms with Gasteiger partial charge in [0.25, 0.3) is 11.8 Å². The van der Waals surface area contributed by atoms with E-state index in [4.69, 9.17) is 0 Å². The highest BCUT2D eigenvalue weighted by Gasteiger charge is 2.35. The molecule has 0 unspecified atom stereocenters. The van der Waals surface area contributed by atoms with Crippen LogP contribution in [0.4, 0.5) is 5.69 Å². The van der Waals surface area contributed by atoms with Crippen molar-refractivity contribution in [3.63, 3.8) is 0 Å². The monoisotopic (exact) mass is 711 g/mol. The van der Waals surface area contributed by atoms with Gasteiger partial charge in [0, 0.05) is 41.5 Å². The summed E-state index contributed by atoms with van der Waals surface area (Å²) in [4.78, 5) is 49.4. The number of aliphatic imine (C=N–C) groups is 1. The highest BCUT2D eigenvalue weighted by Crippen LogP contribution is 2.30. The Balaban J connectivity index is 1.44. The molecule has 1 N–H and O–H groups in total. The standard InChI is InChI=1S/C43H45N5O3S/c1-7-11-22-35(8-2)48-42(51)38(28-34-27-30(5)47(31(34)6)37-25-23-36(24-26-37)46(9-3)10-4)41(50)45-43(48)52-29-39(49)44-40(32-18-14-12-15-19-32)33-20-16-13-17-21-33/h7-8,11-28,40H,1,9-10,29H2,2-6H3,(H,44,49)/b22-11-,35-8+,38-28+. The summed E-state index contributed by atoms with van der Waals surface area (Å²) in [5.74, 6) is -1.52. The number of aryl methyl sites for hydroxylation is 1. The van der Waals surface area contributed by atoms with Crippen molar-refractivity contribution in [1.82, 2.24) is 14.8 Å². The van der Waals surface area contributed by atoms with Crippen LogP contribution in [-0.2, 0) is 14.4 Å². The lowest BCUT2D eigenvalue weighted by molar-refractivity contribution is -0.126. The molecule has 3 aromatic carbocycles. The molecule has 2 heterocycles. The van der Waals surface area contributed by atoms with E-state index in [1.54, 1.807) is 37.3 Å². The number of benzene rings is 3. The van der Waals surface area contributed by atoms with Crippen LogP contribution in [0.25, 0.3) is 11.8 Å². The number of hydrogen-bond acceptors (Lipinski definition) is 5. The Morgan fingerprint density at radius 2 is 1.56 bits per heavy atom. The first-order chi connectivity index (χ1) is 25.2. The first-order valence-electron chi connectivity index (χ1n) is 17.4. The molecule has 0 atom stereocenters. The number of amides is 3. The van der Waals surface area contributed by atoms with E-state index in [9.17, 15) is 14.4 Å². The number of nitrogens with zero attached hydrogens (tertiary/aromatic N) is 4. The summed E-state index contributed by atoms with van der Waals surface area (Å²) in [6, 6.07) is 29.4. The van der Waals surface area contributed by atoms with Gasteiger partial charge in [-0.05, 0) is 93.8 Å². The minimum Gasteiger partial charge on any atom is -0.372 e. The van der Waals surface area contributed by atoms with E-state index >= 15 is 0 Å². The third-order valence-corrected chi connectivity index (χ3v) is 9.86. The number of carbonyl (C=O) groups excluding carboxylic acids is 3. The number of thioether (sulfide) groups is 1. The summed E-state index contributed by atoms with van der Waals surface area (Å²) in [7, 11) is 0. The summed E-state index contributed by atoms with van der Waals surface area (Å²) in [6.07, 6.45) is 8.42. The van der Waals surface area contributed by atoms with Gasteiger partial charge in [0.05, 0.1) is 11.8 Å². The molecule has 0 saturated heterocycles. The number of anilines is 1.